The van der Waals surface area contributed by atoms with Crippen molar-refractivity contribution in [3.05, 3.63) is 71.2 Å². The molecule has 0 aliphatic heterocycles. The van der Waals surface area contributed by atoms with E-state index in [4.69, 9.17) is 19.7 Å². The van der Waals surface area contributed by atoms with E-state index in [1.165, 1.54) is 47.1 Å². The fourth-order valence-corrected chi connectivity index (χ4v) is 5.82. The summed E-state index contributed by atoms with van der Waals surface area (Å²) in [5.74, 6) is -4.24. The zero-order chi connectivity index (χ0) is 36.3. The number of primary amides is 1. The molecule has 2 heterocycles. The summed E-state index contributed by atoms with van der Waals surface area (Å²) in [6, 6.07) is 11.8. The minimum absolute atomic E-state index is 0.0610. The molecular weight excluding hydrogens is 682 g/mol. The average Bonchev–Trinajstić information content (AvgIpc) is 3.61. The van der Waals surface area contributed by atoms with Gasteiger partial charge in [0.25, 0.3) is 15.9 Å². The number of nitrogens with two attached hydrogens (primary N) is 1. The van der Waals surface area contributed by atoms with Crippen molar-refractivity contribution in [2.75, 3.05) is 16.6 Å². The van der Waals surface area contributed by atoms with Gasteiger partial charge in [-0.3, -0.25) is 9.52 Å². The van der Waals surface area contributed by atoms with Crippen LogP contribution in [0.25, 0.3) is 11.3 Å². The zero-order valence-electron chi connectivity index (χ0n) is 28.3. The van der Waals surface area contributed by atoms with Crippen molar-refractivity contribution in [3.63, 3.8) is 0 Å². The number of nitrogens with one attached hydrogen (secondary N) is 2. The summed E-state index contributed by atoms with van der Waals surface area (Å²) in [6.07, 6.45) is -0.792. The Bertz CT molecular complexity index is 1890. The van der Waals surface area contributed by atoms with E-state index in [0.29, 0.717) is 17.9 Å². The largest absolute Gasteiger partial charge is 0.484 e. The summed E-state index contributed by atoms with van der Waals surface area (Å²) in [7, 11) is -6.53. The number of hydrogen-bond donors (Lipinski definition) is 3. The number of carbonyl (C=O) groups is 1. The number of ether oxygens (including phenoxy) is 2. The highest BCUT2D eigenvalue weighted by Crippen LogP contribution is 2.38. The molecule has 0 fully saturated rings. The number of anilines is 3. The van der Waals surface area contributed by atoms with Crippen LogP contribution in [0.3, 0.4) is 0 Å². The SMILES string of the molecule is CC(Oc1cc(-c2nn(COCC[Si](C)(C)C)c(Nc3cc(C(C)(C)C)on3)c2C(N)=O)ccc1NS(=O)(=O)C(F)F)c1ccc(F)cc1. The number of aromatic nitrogens is 3. The van der Waals surface area contributed by atoms with Crippen LogP contribution in [0.15, 0.2) is 53.1 Å². The normalized spacial score (nSPS) is 13.0. The van der Waals surface area contributed by atoms with Crippen LogP contribution in [0, 0.1) is 5.82 Å². The molecule has 17 heteroatoms. The second-order valence-electron chi connectivity index (χ2n) is 13.7. The standard InChI is InChI=1S/C32H41F3N6O6SSi/c1-19(20-8-11-22(33)12-9-20)46-24-16-21(10-13-23(24)40-48(43,44)31(34)35)28-27(29(36)42)30(37-26-17-25(47-39-26)32(2,3)4)41(38-28)18-45-14-15-49(5,6)7/h8-13,16-17,19,31,40H,14-15,18H2,1-7H3,(H2,36,42)(H,37,39). The van der Waals surface area contributed by atoms with E-state index < -0.39 is 41.7 Å². The number of benzene rings is 2. The fourth-order valence-electron chi connectivity index (χ4n) is 4.50. The van der Waals surface area contributed by atoms with Gasteiger partial charge in [-0.15, -0.1) is 0 Å². The molecule has 4 rings (SSSR count). The Morgan fingerprint density at radius 3 is 2.35 bits per heavy atom. The van der Waals surface area contributed by atoms with Crippen LogP contribution in [-0.2, 0) is 26.9 Å². The number of carbonyl (C=O) groups excluding carboxylic acids is 1. The molecule has 4 N–H and O–H groups in total. The molecule has 12 nitrogen and oxygen atoms in total. The topological polar surface area (TPSA) is 164 Å². The third-order valence-corrected chi connectivity index (χ3v) is 9.97. The molecule has 0 saturated carbocycles. The van der Waals surface area contributed by atoms with Crippen LogP contribution in [0.1, 0.15) is 55.5 Å². The third-order valence-electron chi connectivity index (χ3n) is 7.29. The molecular formula is C32H41F3N6O6SSi. The summed E-state index contributed by atoms with van der Waals surface area (Å²) in [6.45, 7) is 14.4. The summed E-state index contributed by atoms with van der Waals surface area (Å²) < 4.78 is 85.3. The maximum Gasteiger partial charge on any atom is 0.355 e. The summed E-state index contributed by atoms with van der Waals surface area (Å²) in [4.78, 5) is 13.1. The van der Waals surface area contributed by atoms with Crippen molar-refractivity contribution in [1.29, 1.82) is 0 Å². The van der Waals surface area contributed by atoms with Gasteiger partial charge in [0.2, 0.25) is 0 Å². The van der Waals surface area contributed by atoms with Crippen molar-refractivity contribution >= 4 is 41.3 Å². The van der Waals surface area contributed by atoms with Gasteiger partial charge < -0.3 is 25.0 Å². The molecule has 49 heavy (non-hydrogen) atoms. The molecule has 2 aromatic heterocycles. The minimum Gasteiger partial charge on any atom is -0.484 e. The van der Waals surface area contributed by atoms with Gasteiger partial charge in [0.1, 0.15) is 47.2 Å². The maximum atomic E-state index is 13.6. The highest BCUT2D eigenvalue weighted by atomic mass is 32.2. The number of nitrogens with zero attached hydrogens (tertiary/aromatic N) is 3. The molecule has 0 aliphatic rings. The number of sulfonamides is 1. The van der Waals surface area contributed by atoms with Crippen LogP contribution in [0.4, 0.5) is 30.5 Å². The monoisotopic (exact) mass is 722 g/mol. The Morgan fingerprint density at radius 2 is 1.78 bits per heavy atom. The van der Waals surface area contributed by atoms with Gasteiger partial charge in [-0.25, -0.2) is 17.5 Å². The minimum atomic E-state index is -5.09. The van der Waals surface area contributed by atoms with Gasteiger partial charge in [0.15, 0.2) is 5.82 Å². The molecule has 2 aromatic carbocycles. The lowest BCUT2D eigenvalue weighted by molar-refractivity contribution is 0.0802. The van der Waals surface area contributed by atoms with Crippen molar-refractivity contribution in [2.24, 2.45) is 5.73 Å². The highest BCUT2D eigenvalue weighted by molar-refractivity contribution is 7.93. The molecule has 0 radical (unpaired) electrons. The Morgan fingerprint density at radius 1 is 1.10 bits per heavy atom. The second kappa shape index (κ2) is 14.6. The Labute approximate surface area is 284 Å². The first kappa shape index (κ1) is 37.5. The molecule has 4 aromatic rings. The van der Waals surface area contributed by atoms with E-state index in [-0.39, 0.29) is 52.0 Å². The van der Waals surface area contributed by atoms with Gasteiger partial charge in [-0.2, -0.15) is 13.9 Å². The summed E-state index contributed by atoms with van der Waals surface area (Å²) in [5, 5.41) is 11.8. The first-order valence-electron chi connectivity index (χ1n) is 15.3. The van der Waals surface area contributed by atoms with E-state index in [9.17, 15) is 26.4 Å². The third kappa shape index (κ3) is 9.63. The van der Waals surface area contributed by atoms with Crippen LogP contribution >= 0.6 is 0 Å². The smallest absolute Gasteiger partial charge is 0.355 e. The molecule has 0 bridgehead atoms. The summed E-state index contributed by atoms with van der Waals surface area (Å²) in [5.41, 5.74) is 5.99. The number of amides is 1. The number of rotatable bonds is 15. The second-order valence-corrected chi connectivity index (χ2v) is 20.9. The van der Waals surface area contributed by atoms with Crippen molar-refractivity contribution < 1.29 is 40.4 Å². The Kier molecular flexibility index (Phi) is 11.2. The van der Waals surface area contributed by atoms with Crippen LogP contribution in [0.5, 0.6) is 5.75 Å². The van der Waals surface area contributed by atoms with Gasteiger partial charge >= 0.3 is 5.76 Å². The first-order valence-corrected chi connectivity index (χ1v) is 20.6. The van der Waals surface area contributed by atoms with E-state index in [2.05, 4.69) is 35.2 Å². The molecule has 1 amide bonds. The van der Waals surface area contributed by atoms with E-state index >= 15 is 0 Å². The average molecular weight is 723 g/mol. The van der Waals surface area contributed by atoms with Crippen LogP contribution < -0.4 is 20.5 Å². The van der Waals surface area contributed by atoms with Gasteiger partial charge in [0.05, 0.1) is 5.69 Å². The first-order chi connectivity index (χ1) is 22.7. The van der Waals surface area contributed by atoms with Gasteiger partial charge in [0, 0.05) is 31.7 Å². The fraction of sp³-hybridized carbons (Fsp3) is 0.406. The Balaban J connectivity index is 1.83. The molecule has 1 atom stereocenters. The predicted molar refractivity (Wildman–Crippen MR) is 183 cm³/mol. The lowest BCUT2D eigenvalue weighted by Crippen LogP contribution is -2.22. The summed E-state index contributed by atoms with van der Waals surface area (Å²) >= 11 is 0. The van der Waals surface area contributed by atoms with E-state index in [1.54, 1.807) is 13.0 Å². The Hall–Kier alpha value is -4.35. The van der Waals surface area contributed by atoms with Crippen molar-refractivity contribution in [3.8, 4) is 17.0 Å². The van der Waals surface area contributed by atoms with Crippen LogP contribution in [-0.4, -0.2) is 49.7 Å². The zero-order valence-corrected chi connectivity index (χ0v) is 30.1. The number of hydrogen-bond acceptors (Lipinski definition) is 9. The lowest BCUT2D eigenvalue weighted by Gasteiger charge is -2.19. The van der Waals surface area contributed by atoms with E-state index in [1.807, 2.05) is 25.5 Å². The van der Waals surface area contributed by atoms with E-state index in [0.717, 1.165) is 6.04 Å². The number of halogens is 3. The molecule has 0 spiro atoms. The lowest BCUT2D eigenvalue weighted by atomic mass is 9.93. The molecule has 1 unspecified atom stereocenters. The number of alkyl halides is 2. The molecule has 0 aliphatic carbocycles. The van der Waals surface area contributed by atoms with Crippen molar-refractivity contribution in [1.82, 2.24) is 14.9 Å². The predicted octanol–water partition coefficient (Wildman–Crippen LogP) is 7.23. The van der Waals surface area contributed by atoms with Crippen molar-refractivity contribution in [2.45, 2.75) is 77.4 Å². The molecule has 0 saturated heterocycles. The quantitative estimate of drug-likeness (QED) is 0.0848. The van der Waals surface area contributed by atoms with Gasteiger partial charge in [-0.1, -0.05) is 63.8 Å². The molecule has 266 valence electrons. The highest BCUT2D eigenvalue weighted by Gasteiger charge is 2.29. The maximum absolute atomic E-state index is 13.6. The van der Waals surface area contributed by atoms with Gasteiger partial charge in [-0.05, 0) is 42.8 Å². The van der Waals surface area contributed by atoms with Crippen LogP contribution in [0.2, 0.25) is 25.7 Å².